The summed E-state index contributed by atoms with van der Waals surface area (Å²) in [6, 6.07) is 15.7. The maximum Gasteiger partial charge on any atom is 0.305 e. The van der Waals surface area contributed by atoms with Gasteiger partial charge in [0.25, 0.3) is 11.5 Å². The fraction of sp³-hybridized carbons (Fsp3) is 0.460. The highest BCUT2D eigenvalue weighted by Crippen LogP contribution is 2.51. The average molecular weight is 1180 g/mol. The first-order valence-electron chi connectivity index (χ1n) is 28.2. The number of allylic oxidation sites excluding steroid dienone is 7. The van der Waals surface area contributed by atoms with Crippen molar-refractivity contribution < 1.29 is 34.1 Å². The normalized spacial score (nSPS) is 16.6. The number of thiocarbonyl (C=S) groups is 1. The summed E-state index contributed by atoms with van der Waals surface area (Å²) in [4.78, 5) is 72.3. The summed E-state index contributed by atoms with van der Waals surface area (Å²) >= 11 is 12.9. The Bertz CT molecular complexity index is 3250. The zero-order valence-electron chi connectivity index (χ0n) is 48.5. The number of nitrogens with zero attached hydrogens (tertiary/aromatic N) is 4. The number of carboxylic acid groups (broad SMARTS) is 2. The number of hydrogen-bond acceptors (Lipinski definition) is 13. The number of ether oxygens (including phenoxy) is 1. The Labute approximate surface area is 497 Å². The molecule has 3 heterocycles. The van der Waals surface area contributed by atoms with Crippen molar-refractivity contribution in [2.45, 2.75) is 131 Å². The van der Waals surface area contributed by atoms with Gasteiger partial charge in [0.15, 0.2) is 0 Å². The lowest BCUT2D eigenvalue weighted by atomic mass is 9.72. The van der Waals surface area contributed by atoms with Crippen molar-refractivity contribution in [1.29, 1.82) is 0 Å². The van der Waals surface area contributed by atoms with Crippen LogP contribution in [0.5, 0.6) is 5.75 Å². The van der Waals surface area contributed by atoms with Gasteiger partial charge in [-0.25, -0.2) is 0 Å². The number of fused-ring (bicyclic) bond motifs is 3. The molecule has 14 nitrogen and oxygen atoms in total. The zero-order chi connectivity index (χ0) is 59.0. The number of aromatic nitrogens is 1. The van der Waals surface area contributed by atoms with Gasteiger partial charge in [-0.1, -0.05) is 123 Å². The van der Waals surface area contributed by atoms with E-state index in [1.807, 2.05) is 54.6 Å². The maximum absolute atomic E-state index is 14.4. The predicted octanol–water partition coefficient (Wildman–Crippen LogP) is 11.7. The van der Waals surface area contributed by atoms with Crippen molar-refractivity contribution in [3.63, 3.8) is 0 Å². The number of thioether (sulfide) groups is 1. The van der Waals surface area contributed by atoms with Crippen molar-refractivity contribution in [1.82, 2.24) is 14.4 Å². The summed E-state index contributed by atoms with van der Waals surface area (Å²) in [5.74, 6) is -0.260. The number of thiol groups is 1. The van der Waals surface area contributed by atoms with Crippen LogP contribution in [0, 0.1) is 11.8 Å². The van der Waals surface area contributed by atoms with Crippen molar-refractivity contribution in [2.75, 3.05) is 61.1 Å². The molecule has 4 N–H and O–H groups in total. The number of methoxy groups -OCH3 is 1. The molecule has 2 aliphatic rings. The van der Waals surface area contributed by atoms with E-state index in [0.29, 0.717) is 35.6 Å². The van der Waals surface area contributed by atoms with Crippen LogP contribution in [0.1, 0.15) is 124 Å². The number of nitrogens with one attached hydrogen (secondary N) is 2. The summed E-state index contributed by atoms with van der Waals surface area (Å²) in [6.07, 6.45) is 19.8. The first-order chi connectivity index (χ1) is 38.6. The Balaban J connectivity index is 1.32. The van der Waals surface area contributed by atoms with E-state index in [9.17, 15) is 34.2 Å². The standard InChI is InChI=1S/C63H82N6O8S4/c1-10-11-12-17-32-67(41-78)60(76)58(79)61-69(59(75)51(81-61)25-26-54-66(35-36-80-54)33-28-42(2)3)40-53(70)65-45-21-23-49(64-31-27-55(71)72)48(37-45)63(8,39-43(4)5)30-16-14-13-15-18-52-62(6,7)57-47-38-46(77-9)22-19-44(47)20-24-50(57)68(52)34-29-56(73)74/h13-16,18-26,37-38,41-43,64,79H,10-12,17,27-36,39-40H2,1-9H3,(H,65,70)(H,71,72)(H,73,74)/b15-13+,16-14+,51-25-,52-18+,54-26+,61-58+. The van der Waals surface area contributed by atoms with Crippen LogP contribution in [0.25, 0.3) is 21.8 Å². The van der Waals surface area contributed by atoms with Gasteiger partial charge in [-0.2, -0.15) is 0 Å². The van der Waals surface area contributed by atoms with Crippen LogP contribution in [0.2, 0.25) is 0 Å². The molecule has 0 spiro atoms. The maximum atomic E-state index is 14.4. The Morgan fingerprint density at radius 2 is 1.69 bits per heavy atom. The average Bonchev–Trinajstić information content (AvgIpc) is 4.30. The molecule has 1 unspecified atom stereocenters. The summed E-state index contributed by atoms with van der Waals surface area (Å²) in [6.45, 7) is 19.6. The van der Waals surface area contributed by atoms with Crippen molar-refractivity contribution in [3.8, 4) is 5.75 Å². The van der Waals surface area contributed by atoms with Gasteiger partial charge in [-0.3, -0.25) is 28.5 Å². The minimum absolute atomic E-state index is 0.0198. The molecule has 1 saturated heterocycles. The fourth-order valence-electron chi connectivity index (χ4n) is 10.8. The van der Waals surface area contributed by atoms with Gasteiger partial charge in [0.1, 0.15) is 21.9 Å². The van der Waals surface area contributed by atoms with Crippen molar-refractivity contribution in [2.24, 2.45) is 11.8 Å². The predicted molar refractivity (Wildman–Crippen MR) is 342 cm³/mol. The second-order valence-corrected chi connectivity index (χ2v) is 25.2. The van der Waals surface area contributed by atoms with Crippen LogP contribution in [0.15, 0.2) is 101 Å². The number of hydrogen-bond donors (Lipinski definition) is 5. The Morgan fingerprint density at radius 3 is 2.38 bits per heavy atom. The number of rotatable bonds is 29. The molecular weight excluding hydrogens is 1100 g/mol. The molecule has 0 aliphatic carbocycles. The molecule has 2 aliphatic heterocycles. The SMILES string of the molecule is CCCCCCN(C=S)C(=O)/C(S)=c1\s/c(=C\C=C2\SCCN2CCC(C)C)c(=O)n1CC(=O)Nc1ccc(NCCC(=O)O)c(C(C)(C/C=C/C=C/C=C2/N(CCC(=O)O)c3ccc4ccc(OC)cc4c3C2(C)C)CC(C)C)c1. The quantitative estimate of drug-likeness (QED) is 0.0151. The van der Waals surface area contributed by atoms with E-state index in [0.717, 1.165) is 118 Å². The van der Waals surface area contributed by atoms with Gasteiger partial charge < -0.3 is 40.3 Å². The molecule has 1 fully saturated rings. The number of thiazole rings is 1. The van der Waals surface area contributed by atoms with Crippen LogP contribution in [-0.4, -0.2) is 99.4 Å². The first kappa shape index (κ1) is 64.1. The monoisotopic (exact) mass is 1180 g/mol. The fourth-order valence-corrected chi connectivity index (χ4v) is 13.4. The summed E-state index contributed by atoms with van der Waals surface area (Å²) in [5.41, 5.74) is 5.06. The highest BCUT2D eigenvalue weighted by atomic mass is 32.2. The smallest absolute Gasteiger partial charge is 0.305 e. The van der Waals surface area contributed by atoms with Gasteiger partial charge in [-0.05, 0) is 119 Å². The molecule has 6 rings (SSSR count). The van der Waals surface area contributed by atoms with Crippen LogP contribution < -0.4 is 35.0 Å². The van der Waals surface area contributed by atoms with E-state index in [1.165, 1.54) is 15.0 Å². The topological polar surface area (TPSA) is 174 Å². The third-order valence-electron chi connectivity index (χ3n) is 14.8. The summed E-state index contributed by atoms with van der Waals surface area (Å²) in [5, 5.41) is 28.9. The van der Waals surface area contributed by atoms with Crippen molar-refractivity contribution in [3.05, 3.63) is 126 Å². The number of carboxylic acids is 2. The molecular formula is C63H82N6O8S4. The summed E-state index contributed by atoms with van der Waals surface area (Å²) in [7, 11) is 1.65. The zero-order valence-corrected chi connectivity index (χ0v) is 51.9. The minimum Gasteiger partial charge on any atom is -0.497 e. The van der Waals surface area contributed by atoms with E-state index in [4.69, 9.17) is 29.6 Å². The second-order valence-electron chi connectivity index (χ2n) is 22.4. The molecule has 1 atom stereocenters. The lowest BCUT2D eigenvalue weighted by Gasteiger charge is -2.33. The summed E-state index contributed by atoms with van der Waals surface area (Å²) < 4.78 is 7.54. The van der Waals surface area contributed by atoms with E-state index in [-0.39, 0.29) is 34.9 Å². The molecule has 3 aromatic carbocycles. The van der Waals surface area contributed by atoms with Gasteiger partial charge in [0.2, 0.25) is 5.91 Å². The molecule has 436 valence electrons. The largest absolute Gasteiger partial charge is 0.497 e. The van der Waals surface area contributed by atoms with Crippen molar-refractivity contribution >= 4 is 116 Å². The molecule has 0 saturated carbocycles. The Kier molecular flexibility index (Phi) is 23.5. The lowest BCUT2D eigenvalue weighted by molar-refractivity contribution is -0.137. The molecule has 81 heavy (non-hydrogen) atoms. The van der Waals surface area contributed by atoms with E-state index in [1.54, 1.807) is 31.0 Å². The number of carbonyl (C=O) groups is 4. The van der Waals surface area contributed by atoms with Crippen LogP contribution >= 0.6 is 47.9 Å². The van der Waals surface area contributed by atoms with E-state index < -0.39 is 46.7 Å². The second kappa shape index (κ2) is 29.8. The molecule has 0 radical (unpaired) electrons. The van der Waals surface area contributed by atoms with Gasteiger partial charge in [0, 0.05) is 66.7 Å². The number of carbonyl (C=O) groups excluding carboxylic acids is 2. The molecule has 2 amide bonds. The third kappa shape index (κ3) is 16.8. The van der Waals surface area contributed by atoms with E-state index >= 15 is 0 Å². The molecule has 0 bridgehead atoms. The minimum atomic E-state index is -0.933. The number of amides is 2. The van der Waals surface area contributed by atoms with Crippen LogP contribution in [0.4, 0.5) is 17.1 Å². The Morgan fingerprint density at radius 1 is 0.938 bits per heavy atom. The third-order valence-corrected chi connectivity index (χ3v) is 17.8. The molecule has 18 heteroatoms. The van der Waals surface area contributed by atoms with Crippen LogP contribution in [-0.2, 0) is 36.6 Å². The molecule has 1 aromatic heterocycles. The Hall–Kier alpha value is -6.08. The van der Waals surface area contributed by atoms with Gasteiger partial charge >= 0.3 is 11.9 Å². The van der Waals surface area contributed by atoms with Gasteiger partial charge in [0.05, 0.1) is 35.0 Å². The number of anilines is 3. The highest BCUT2D eigenvalue weighted by Gasteiger charge is 2.41. The van der Waals surface area contributed by atoms with Crippen LogP contribution in [0.3, 0.4) is 0 Å². The first-order valence-corrected chi connectivity index (χ1v) is 30.9. The van der Waals surface area contributed by atoms with E-state index in [2.05, 4.69) is 100 Å². The highest BCUT2D eigenvalue weighted by molar-refractivity contribution is 8.03. The number of unbranched alkanes of at least 4 members (excludes halogenated alkanes) is 3. The number of benzene rings is 3. The number of aliphatic carboxylic acids is 2. The lowest BCUT2D eigenvalue weighted by Crippen LogP contribution is -2.38. The molecule has 4 aromatic rings. The van der Waals surface area contributed by atoms with Gasteiger partial charge in [-0.15, -0.1) is 35.7 Å².